The number of anilines is 1. The van der Waals surface area contributed by atoms with E-state index in [2.05, 4.69) is 5.32 Å². The number of fused-ring (bicyclic) bond motifs is 3. The second-order valence-electron chi connectivity index (χ2n) is 6.84. The molecular formula is C24H21NO7. The Bertz CT molecular complexity index is 1310. The van der Waals surface area contributed by atoms with Gasteiger partial charge in [0.25, 0.3) is 5.91 Å². The molecule has 164 valence electrons. The van der Waals surface area contributed by atoms with Gasteiger partial charge in [0.2, 0.25) is 0 Å². The van der Waals surface area contributed by atoms with Crippen LogP contribution in [0.5, 0.6) is 17.2 Å². The topological polar surface area (TPSA) is 96.2 Å². The summed E-state index contributed by atoms with van der Waals surface area (Å²) in [5, 5.41) is 4.51. The molecule has 4 rings (SSSR count). The minimum Gasteiger partial charge on any atom is -0.497 e. The van der Waals surface area contributed by atoms with Crippen LogP contribution < -0.4 is 19.5 Å². The molecule has 32 heavy (non-hydrogen) atoms. The first-order chi connectivity index (χ1) is 15.5. The lowest BCUT2D eigenvalue weighted by atomic mass is 10.1. The van der Waals surface area contributed by atoms with Crippen molar-refractivity contribution >= 4 is 39.5 Å². The van der Waals surface area contributed by atoms with E-state index in [1.54, 1.807) is 24.3 Å². The molecule has 3 aromatic carbocycles. The number of rotatable bonds is 7. The van der Waals surface area contributed by atoms with Gasteiger partial charge in [0.1, 0.15) is 34.0 Å². The Labute approximate surface area is 183 Å². The molecule has 0 saturated carbocycles. The van der Waals surface area contributed by atoms with Gasteiger partial charge in [-0.05, 0) is 30.3 Å². The van der Waals surface area contributed by atoms with E-state index in [0.717, 1.165) is 16.4 Å². The van der Waals surface area contributed by atoms with E-state index >= 15 is 0 Å². The minimum atomic E-state index is -0.712. The highest BCUT2D eigenvalue weighted by atomic mass is 16.5. The van der Waals surface area contributed by atoms with Crippen molar-refractivity contribution in [1.82, 2.24) is 0 Å². The van der Waals surface area contributed by atoms with Gasteiger partial charge in [0, 0.05) is 16.8 Å². The van der Waals surface area contributed by atoms with E-state index in [1.165, 1.54) is 27.4 Å². The van der Waals surface area contributed by atoms with Crippen molar-refractivity contribution in [3.05, 3.63) is 60.2 Å². The molecule has 1 aromatic heterocycles. The van der Waals surface area contributed by atoms with E-state index in [0.29, 0.717) is 28.5 Å². The molecule has 0 aliphatic carbocycles. The van der Waals surface area contributed by atoms with Crippen LogP contribution in [0.1, 0.15) is 10.4 Å². The van der Waals surface area contributed by atoms with Gasteiger partial charge in [0.15, 0.2) is 6.61 Å². The van der Waals surface area contributed by atoms with Gasteiger partial charge in [0.05, 0.1) is 27.0 Å². The molecule has 0 aliphatic heterocycles. The van der Waals surface area contributed by atoms with Crippen molar-refractivity contribution in [2.45, 2.75) is 0 Å². The SMILES string of the molecule is COc1ccc(OC)c(C(=O)OCC(=O)Nc2cc3oc4ccccc4c3cc2OC)c1. The van der Waals surface area contributed by atoms with Crippen LogP contribution in [0, 0.1) is 0 Å². The number of carbonyl (C=O) groups excluding carboxylic acids is 2. The molecule has 0 aliphatic rings. The van der Waals surface area contributed by atoms with Gasteiger partial charge in [-0.25, -0.2) is 4.79 Å². The Morgan fingerprint density at radius 2 is 1.62 bits per heavy atom. The molecule has 8 heteroatoms. The van der Waals surface area contributed by atoms with Crippen LogP contribution in [0.15, 0.2) is 59.0 Å². The van der Waals surface area contributed by atoms with Gasteiger partial charge < -0.3 is 28.7 Å². The van der Waals surface area contributed by atoms with E-state index in [-0.39, 0.29) is 5.56 Å². The van der Waals surface area contributed by atoms with Gasteiger partial charge >= 0.3 is 5.97 Å². The van der Waals surface area contributed by atoms with Crippen LogP contribution in [0.3, 0.4) is 0 Å². The molecule has 1 N–H and O–H groups in total. The first-order valence-corrected chi connectivity index (χ1v) is 9.72. The van der Waals surface area contributed by atoms with Gasteiger partial charge in [-0.2, -0.15) is 0 Å². The fourth-order valence-corrected chi connectivity index (χ4v) is 3.39. The third kappa shape index (κ3) is 4.02. The predicted octanol–water partition coefficient (Wildman–Crippen LogP) is 4.41. The number of ether oxygens (including phenoxy) is 4. The third-order valence-electron chi connectivity index (χ3n) is 4.93. The van der Waals surface area contributed by atoms with Crippen molar-refractivity contribution in [3.63, 3.8) is 0 Å². The molecule has 0 radical (unpaired) electrons. The number of furan rings is 1. The van der Waals surface area contributed by atoms with Crippen molar-refractivity contribution in [3.8, 4) is 17.2 Å². The fraction of sp³-hybridized carbons (Fsp3) is 0.167. The number of esters is 1. The molecule has 0 fully saturated rings. The smallest absolute Gasteiger partial charge is 0.342 e. The maximum atomic E-state index is 12.5. The summed E-state index contributed by atoms with van der Waals surface area (Å²) >= 11 is 0. The predicted molar refractivity (Wildman–Crippen MR) is 119 cm³/mol. The molecule has 0 saturated heterocycles. The van der Waals surface area contributed by atoms with E-state index in [4.69, 9.17) is 23.4 Å². The Kier molecular flexibility index (Phi) is 5.85. The highest BCUT2D eigenvalue weighted by molar-refractivity contribution is 6.08. The number of carbonyl (C=O) groups is 2. The number of methoxy groups -OCH3 is 3. The van der Waals surface area contributed by atoms with Crippen molar-refractivity contribution in [2.24, 2.45) is 0 Å². The van der Waals surface area contributed by atoms with Crippen LogP contribution in [0.25, 0.3) is 21.9 Å². The monoisotopic (exact) mass is 435 g/mol. The van der Waals surface area contributed by atoms with Crippen molar-refractivity contribution < 1.29 is 33.0 Å². The van der Waals surface area contributed by atoms with E-state index in [9.17, 15) is 9.59 Å². The average Bonchev–Trinajstić information content (AvgIpc) is 3.18. The Morgan fingerprint density at radius 1 is 0.844 bits per heavy atom. The Balaban J connectivity index is 1.50. The van der Waals surface area contributed by atoms with Crippen LogP contribution in [-0.4, -0.2) is 39.8 Å². The lowest BCUT2D eigenvalue weighted by Crippen LogP contribution is -2.21. The number of nitrogens with one attached hydrogen (secondary N) is 1. The third-order valence-corrected chi connectivity index (χ3v) is 4.93. The summed E-state index contributed by atoms with van der Waals surface area (Å²) in [5.41, 5.74) is 1.88. The maximum Gasteiger partial charge on any atom is 0.342 e. The molecule has 0 unspecified atom stereocenters. The standard InChI is InChI=1S/C24H21NO7/c1-28-14-8-9-19(29-2)17(10-14)24(27)31-13-23(26)25-18-12-21-16(11-22(18)30-3)15-6-4-5-7-20(15)32-21/h4-12H,13H2,1-3H3,(H,25,26). The summed E-state index contributed by atoms with van der Waals surface area (Å²) in [7, 11) is 4.43. The highest BCUT2D eigenvalue weighted by Crippen LogP contribution is 2.36. The maximum absolute atomic E-state index is 12.5. The van der Waals surface area contributed by atoms with Crippen molar-refractivity contribution in [1.29, 1.82) is 0 Å². The zero-order valence-electron chi connectivity index (χ0n) is 17.8. The first kappa shape index (κ1) is 21.0. The van der Waals surface area contributed by atoms with E-state index < -0.39 is 18.5 Å². The number of amides is 1. The summed E-state index contributed by atoms with van der Waals surface area (Å²) < 4.78 is 26.8. The quantitative estimate of drug-likeness (QED) is 0.430. The number of hydrogen-bond acceptors (Lipinski definition) is 7. The van der Waals surface area contributed by atoms with Crippen LogP contribution in [-0.2, 0) is 9.53 Å². The lowest BCUT2D eigenvalue weighted by molar-refractivity contribution is -0.119. The fourth-order valence-electron chi connectivity index (χ4n) is 3.39. The summed E-state index contributed by atoms with van der Waals surface area (Å²) in [6.07, 6.45) is 0. The largest absolute Gasteiger partial charge is 0.497 e. The molecular weight excluding hydrogens is 414 g/mol. The number of benzene rings is 3. The van der Waals surface area contributed by atoms with Gasteiger partial charge in [-0.1, -0.05) is 18.2 Å². The zero-order valence-corrected chi connectivity index (χ0v) is 17.8. The Hall–Kier alpha value is -4.20. The zero-order chi connectivity index (χ0) is 22.7. The average molecular weight is 435 g/mol. The molecule has 0 bridgehead atoms. The Morgan fingerprint density at radius 3 is 2.38 bits per heavy atom. The van der Waals surface area contributed by atoms with Crippen molar-refractivity contribution in [2.75, 3.05) is 33.3 Å². The normalized spacial score (nSPS) is 10.7. The molecule has 1 amide bonds. The summed E-state index contributed by atoms with van der Waals surface area (Å²) in [6.45, 7) is -0.499. The highest BCUT2D eigenvalue weighted by Gasteiger charge is 2.18. The van der Waals surface area contributed by atoms with Gasteiger partial charge in [-0.15, -0.1) is 0 Å². The molecule has 1 heterocycles. The summed E-state index contributed by atoms with van der Waals surface area (Å²) in [5.74, 6) is -0.0120. The first-order valence-electron chi connectivity index (χ1n) is 9.72. The van der Waals surface area contributed by atoms with Crippen LogP contribution in [0.2, 0.25) is 0 Å². The molecule has 0 spiro atoms. The molecule has 8 nitrogen and oxygen atoms in total. The minimum absolute atomic E-state index is 0.154. The molecule has 4 aromatic rings. The van der Waals surface area contributed by atoms with Crippen LogP contribution in [0.4, 0.5) is 5.69 Å². The van der Waals surface area contributed by atoms with E-state index in [1.807, 2.05) is 24.3 Å². The second kappa shape index (κ2) is 8.89. The van der Waals surface area contributed by atoms with Gasteiger partial charge in [-0.3, -0.25) is 4.79 Å². The lowest BCUT2D eigenvalue weighted by Gasteiger charge is -2.12. The number of hydrogen-bond donors (Lipinski definition) is 1. The number of para-hydroxylation sites is 1. The van der Waals surface area contributed by atoms with Crippen LogP contribution >= 0.6 is 0 Å². The summed E-state index contributed by atoms with van der Waals surface area (Å²) in [6, 6.07) is 15.8. The molecule has 0 atom stereocenters. The summed E-state index contributed by atoms with van der Waals surface area (Å²) in [4.78, 5) is 24.9. The second-order valence-corrected chi connectivity index (χ2v) is 6.84.